The SMILES string of the molecule is Cc1[nH]c(-c2ccc(C3=CC=CCC3C(F)(F)F)o2)nc1C1=CCC(Br)CC1. The molecular weight excluding hydrogens is 433 g/mol. The van der Waals surface area contributed by atoms with Crippen molar-refractivity contribution in [1.29, 1.82) is 0 Å². The second-order valence-corrected chi connectivity index (χ2v) is 8.50. The molecule has 1 N–H and O–H groups in total. The molecule has 28 heavy (non-hydrogen) atoms. The molecule has 0 aromatic carbocycles. The minimum Gasteiger partial charge on any atom is -0.453 e. The van der Waals surface area contributed by atoms with Crippen LogP contribution in [0.15, 0.2) is 40.9 Å². The number of furan rings is 1. The van der Waals surface area contributed by atoms with Crippen LogP contribution in [0.1, 0.15) is 42.8 Å². The first-order valence-corrected chi connectivity index (χ1v) is 10.2. The number of hydrogen-bond acceptors (Lipinski definition) is 2. The topological polar surface area (TPSA) is 41.8 Å². The number of allylic oxidation sites excluding steroid dienone is 6. The van der Waals surface area contributed by atoms with Crippen molar-refractivity contribution in [1.82, 2.24) is 9.97 Å². The van der Waals surface area contributed by atoms with Crippen molar-refractivity contribution >= 4 is 27.1 Å². The predicted octanol–water partition coefficient (Wildman–Crippen LogP) is 6.83. The molecule has 0 fully saturated rings. The maximum atomic E-state index is 13.4. The van der Waals surface area contributed by atoms with Gasteiger partial charge in [-0.05, 0) is 50.3 Å². The Morgan fingerprint density at radius 3 is 2.71 bits per heavy atom. The van der Waals surface area contributed by atoms with Gasteiger partial charge in [-0.3, -0.25) is 0 Å². The van der Waals surface area contributed by atoms with Gasteiger partial charge in [-0.15, -0.1) is 0 Å². The van der Waals surface area contributed by atoms with Gasteiger partial charge in [-0.2, -0.15) is 13.2 Å². The first-order valence-electron chi connectivity index (χ1n) is 9.27. The average Bonchev–Trinajstić information content (AvgIpc) is 3.29. The summed E-state index contributed by atoms with van der Waals surface area (Å²) in [4.78, 5) is 8.38. The molecule has 0 radical (unpaired) electrons. The minimum absolute atomic E-state index is 0.0713. The normalized spacial score (nSPS) is 22.9. The number of halogens is 4. The van der Waals surface area contributed by atoms with E-state index in [0.29, 0.717) is 16.4 Å². The summed E-state index contributed by atoms with van der Waals surface area (Å²) in [6, 6.07) is 3.26. The van der Waals surface area contributed by atoms with E-state index in [1.54, 1.807) is 18.2 Å². The number of hydrogen-bond donors (Lipinski definition) is 1. The van der Waals surface area contributed by atoms with E-state index in [0.717, 1.165) is 30.7 Å². The molecule has 2 heterocycles. The van der Waals surface area contributed by atoms with Gasteiger partial charge >= 0.3 is 6.18 Å². The van der Waals surface area contributed by atoms with Crippen molar-refractivity contribution in [3.63, 3.8) is 0 Å². The van der Waals surface area contributed by atoms with Crippen LogP contribution in [0.2, 0.25) is 0 Å². The highest BCUT2D eigenvalue weighted by Gasteiger charge is 2.43. The van der Waals surface area contributed by atoms with Gasteiger partial charge < -0.3 is 9.40 Å². The van der Waals surface area contributed by atoms with Gasteiger partial charge in [-0.1, -0.05) is 40.2 Å². The second kappa shape index (κ2) is 7.43. The molecule has 7 heteroatoms. The Kier molecular flexibility index (Phi) is 5.12. The van der Waals surface area contributed by atoms with E-state index in [2.05, 4.69) is 32.0 Å². The Morgan fingerprint density at radius 1 is 1.21 bits per heavy atom. The van der Waals surface area contributed by atoms with Crippen molar-refractivity contribution in [2.75, 3.05) is 0 Å². The molecule has 3 nitrogen and oxygen atoms in total. The lowest BCUT2D eigenvalue weighted by Gasteiger charge is -2.22. The lowest BCUT2D eigenvalue weighted by Crippen LogP contribution is -2.24. The van der Waals surface area contributed by atoms with Crippen molar-refractivity contribution in [3.8, 4) is 11.6 Å². The fourth-order valence-electron chi connectivity index (χ4n) is 3.72. The number of H-pyrrole nitrogens is 1. The second-order valence-electron chi connectivity index (χ2n) is 7.20. The fraction of sp³-hybridized carbons (Fsp3) is 0.381. The molecule has 0 bridgehead atoms. The van der Waals surface area contributed by atoms with Crippen molar-refractivity contribution in [2.45, 2.75) is 43.6 Å². The largest absolute Gasteiger partial charge is 0.453 e. The summed E-state index contributed by atoms with van der Waals surface area (Å²) in [6.07, 6.45) is 5.42. The van der Waals surface area contributed by atoms with Crippen LogP contribution in [0.4, 0.5) is 13.2 Å². The number of aromatic nitrogens is 2. The number of aromatic amines is 1. The van der Waals surface area contributed by atoms with Crippen LogP contribution in [0.25, 0.3) is 22.7 Å². The van der Waals surface area contributed by atoms with Crippen LogP contribution in [0.5, 0.6) is 0 Å². The van der Waals surface area contributed by atoms with Gasteiger partial charge in [0.25, 0.3) is 0 Å². The minimum atomic E-state index is -4.31. The maximum Gasteiger partial charge on any atom is 0.396 e. The Morgan fingerprint density at radius 2 is 2.00 bits per heavy atom. The summed E-state index contributed by atoms with van der Waals surface area (Å²) in [7, 11) is 0. The number of nitrogens with one attached hydrogen (secondary N) is 1. The van der Waals surface area contributed by atoms with Gasteiger partial charge in [0.1, 0.15) is 5.76 Å². The van der Waals surface area contributed by atoms with Gasteiger partial charge in [0.05, 0.1) is 11.6 Å². The van der Waals surface area contributed by atoms with Crippen LogP contribution in [-0.2, 0) is 0 Å². The van der Waals surface area contributed by atoms with Gasteiger partial charge in [0.2, 0.25) is 0 Å². The highest BCUT2D eigenvalue weighted by Crippen LogP contribution is 2.42. The zero-order chi connectivity index (χ0) is 19.9. The molecule has 2 aromatic heterocycles. The van der Waals surface area contributed by atoms with Crippen molar-refractivity contribution < 1.29 is 17.6 Å². The molecule has 0 amide bonds. The molecule has 2 atom stereocenters. The molecular formula is C21H20BrF3N2O. The van der Waals surface area contributed by atoms with Crippen molar-refractivity contribution in [2.24, 2.45) is 5.92 Å². The molecule has 0 aliphatic heterocycles. The molecule has 4 rings (SSSR count). The summed E-state index contributed by atoms with van der Waals surface area (Å²) in [6.45, 7) is 1.95. The van der Waals surface area contributed by atoms with Gasteiger partial charge in [-0.25, -0.2) is 4.98 Å². The van der Waals surface area contributed by atoms with Crippen LogP contribution < -0.4 is 0 Å². The molecule has 0 spiro atoms. The maximum absolute atomic E-state index is 13.4. The first-order chi connectivity index (χ1) is 13.3. The first kappa shape index (κ1) is 19.3. The summed E-state index contributed by atoms with van der Waals surface area (Å²) in [5, 5.41) is 0. The highest BCUT2D eigenvalue weighted by molar-refractivity contribution is 9.09. The lowest BCUT2D eigenvalue weighted by atomic mass is 9.89. The van der Waals surface area contributed by atoms with E-state index in [9.17, 15) is 13.2 Å². The quantitative estimate of drug-likeness (QED) is 0.518. The summed E-state index contributed by atoms with van der Waals surface area (Å²) in [5.74, 6) is -0.335. The number of alkyl halides is 4. The molecule has 2 aliphatic rings. The average molecular weight is 453 g/mol. The Balaban J connectivity index is 1.63. The third-order valence-electron chi connectivity index (χ3n) is 5.21. The number of nitrogens with zero attached hydrogens (tertiary/aromatic N) is 1. The Labute approximate surface area is 169 Å². The van der Waals surface area contributed by atoms with E-state index >= 15 is 0 Å². The standard InChI is InChI=1S/C21H20BrF3N2O/c1-12-19(13-6-8-14(22)9-7-13)27-20(26-12)18-11-10-17(28-18)15-4-2-3-5-16(15)21(23,24)25/h2-4,6,10-11,14,16H,5,7-9H2,1H3,(H,26,27). The van der Waals surface area contributed by atoms with E-state index in [4.69, 9.17) is 4.42 Å². The number of aryl methyl sites for hydroxylation is 1. The third kappa shape index (κ3) is 3.77. The number of rotatable bonds is 3. The predicted molar refractivity (Wildman–Crippen MR) is 107 cm³/mol. The van der Waals surface area contributed by atoms with Crippen LogP contribution in [-0.4, -0.2) is 21.0 Å². The Bertz CT molecular complexity index is 965. The van der Waals surface area contributed by atoms with Gasteiger partial charge in [0, 0.05) is 16.1 Å². The van der Waals surface area contributed by atoms with E-state index in [1.165, 1.54) is 17.7 Å². The molecule has 2 unspecified atom stereocenters. The third-order valence-corrected chi connectivity index (χ3v) is 6.05. The monoisotopic (exact) mass is 452 g/mol. The van der Waals surface area contributed by atoms with E-state index in [-0.39, 0.29) is 17.8 Å². The van der Waals surface area contributed by atoms with Crippen LogP contribution >= 0.6 is 15.9 Å². The van der Waals surface area contributed by atoms with Crippen LogP contribution in [0.3, 0.4) is 0 Å². The van der Waals surface area contributed by atoms with Crippen molar-refractivity contribution in [3.05, 3.63) is 53.6 Å². The molecule has 0 saturated carbocycles. The zero-order valence-corrected chi connectivity index (χ0v) is 16.9. The Hall–Kier alpha value is -2.02. The summed E-state index contributed by atoms with van der Waals surface area (Å²) in [5.41, 5.74) is 3.18. The van der Waals surface area contributed by atoms with E-state index in [1.807, 2.05) is 6.92 Å². The highest BCUT2D eigenvalue weighted by atomic mass is 79.9. The zero-order valence-electron chi connectivity index (χ0n) is 15.3. The summed E-state index contributed by atoms with van der Waals surface area (Å²) >= 11 is 3.63. The summed E-state index contributed by atoms with van der Waals surface area (Å²) < 4.78 is 45.8. The van der Waals surface area contributed by atoms with Gasteiger partial charge in [0.15, 0.2) is 11.6 Å². The fourth-order valence-corrected chi connectivity index (χ4v) is 4.14. The molecule has 2 aromatic rings. The number of imidazole rings is 1. The lowest BCUT2D eigenvalue weighted by molar-refractivity contribution is -0.157. The molecule has 2 aliphatic carbocycles. The molecule has 0 saturated heterocycles. The van der Waals surface area contributed by atoms with E-state index < -0.39 is 12.1 Å². The van der Waals surface area contributed by atoms with Crippen LogP contribution in [0, 0.1) is 12.8 Å². The smallest absolute Gasteiger partial charge is 0.396 e. The molecule has 148 valence electrons.